The molecule has 1 atom stereocenters. The van der Waals surface area contributed by atoms with Crippen molar-refractivity contribution in [3.05, 3.63) is 46.5 Å². The molecule has 0 saturated carbocycles. The lowest BCUT2D eigenvalue weighted by Crippen LogP contribution is -2.21. The normalized spacial score (nSPS) is 13.0. The van der Waals surface area contributed by atoms with Crippen LogP contribution < -0.4 is 5.32 Å². The summed E-state index contributed by atoms with van der Waals surface area (Å²) in [5, 5.41) is 6.43. The van der Waals surface area contributed by atoms with Gasteiger partial charge in [-0.1, -0.05) is 0 Å². The molecule has 0 saturated heterocycles. The zero-order chi connectivity index (χ0) is 18.2. The maximum atomic E-state index is 13.7. The van der Waals surface area contributed by atoms with Crippen LogP contribution in [-0.2, 0) is 18.0 Å². The SMILES string of the molecule is Cc1nn(C)c(C)c1C(C)C(=O)Nc1cc(C(F)(F)F)ccc1F. The van der Waals surface area contributed by atoms with Crippen LogP contribution in [0.3, 0.4) is 0 Å². The molecule has 0 bridgehead atoms. The Bertz CT molecular complexity index is 780. The molecule has 0 radical (unpaired) electrons. The molecule has 1 aromatic heterocycles. The third-order valence-corrected chi connectivity index (χ3v) is 3.94. The third-order valence-electron chi connectivity index (χ3n) is 3.94. The second-order valence-corrected chi connectivity index (χ2v) is 5.61. The largest absolute Gasteiger partial charge is 0.416 e. The first-order valence-corrected chi connectivity index (χ1v) is 7.20. The molecule has 0 aliphatic heterocycles. The summed E-state index contributed by atoms with van der Waals surface area (Å²) in [7, 11) is 1.73. The van der Waals surface area contributed by atoms with E-state index in [0.717, 1.165) is 5.69 Å². The van der Waals surface area contributed by atoms with E-state index in [-0.39, 0.29) is 0 Å². The summed E-state index contributed by atoms with van der Waals surface area (Å²) in [6.45, 7) is 5.11. The third kappa shape index (κ3) is 3.42. The Morgan fingerprint density at radius 1 is 1.29 bits per heavy atom. The van der Waals surface area contributed by atoms with Crippen LogP contribution in [0.1, 0.15) is 35.4 Å². The summed E-state index contributed by atoms with van der Waals surface area (Å²) in [5.74, 6) is -2.22. The molecule has 0 spiro atoms. The van der Waals surface area contributed by atoms with Crippen LogP contribution in [0.15, 0.2) is 18.2 Å². The van der Waals surface area contributed by atoms with Gasteiger partial charge in [-0.05, 0) is 39.0 Å². The van der Waals surface area contributed by atoms with Gasteiger partial charge < -0.3 is 5.32 Å². The minimum Gasteiger partial charge on any atom is -0.323 e. The van der Waals surface area contributed by atoms with Crippen molar-refractivity contribution in [3.8, 4) is 0 Å². The molecule has 130 valence electrons. The maximum absolute atomic E-state index is 13.7. The minimum absolute atomic E-state index is 0.499. The first-order valence-electron chi connectivity index (χ1n) is 7.20. The molecule has 2 rings (SSSR count). The number of nitrogens with one attached hydrogen (secondary N) is 1. The number of halogens is 4. The van der Waals surface area contributed by atoms with E-state index in [2.05, 4.69) is 10.4 Å². The molecule has 0 fully saturated rings. The highest BCUT2D eigenvalue weighted by Crippen LogP contribution is 2.32. The van der Waals surface area contributed by atoms with Gasteiger partial charge in [-0.3, -0.25) is 9.48 Å². The smallest absolute Gasteiger partial charge is 0.323 e. The fourth-order valence-electron chi connectivity index (χ4n) is 2.59. The number of carbonyl (C=O) groups excluding carboxylic acids is 1. The van der Waals surface area contributed by atoms with Gasteiger partial charge in [-0.15, -0.1) is 0 Å². The van der Waals surface area contributed by atoms with E-state index in [1.807, 2.05) is 0 Å². The van der Waals surface area contributed by atoms with Crippen LogP contribution in [0.25, 0.3) is 0 Å². The number of alkyl halides is 3. The standard InChI is InChI=1S/C16H17F4N3O/c1-8(14-9(2)22-23(4)10(14)3)15(24)21-13-7-11(16(18,19)20)5-6-12(13)17/h5-8H,1-4H3,(H,21,24). The van der Waals surface area contributed by atoms with Crippen LogP contribution in [0.4, 0.5) is 23.2 Å². The van der Waals surface area contributed by atoms with Crippen LogP contribution in [0.2, 0.25) is 0 Å². The Kier molecular flexibility index (Phi) is 4.68. The number of rotatable bonds is 3. The van der Waals surface area contributed by atoms with Gasteiger partial charge in [0.05, 0.1) is 22.9 Å². The molecule has 24 heavy (non-hydrogen) atoms. The van der Waals surface area contributed by atoms with Crippen LogP contribution in [0, 0.1) is 19.7 Å². The van der Waals surface area contributed by atoms with Crippen molar-refractivity contribution in [2.75, 3.05) is 5.32 Å². The van der Waals surface area contributed by atoms with Gasteiger partial charge in [0.1, 0.15) is 5.82 Å². The van der Waals surface area contributed by atoms with Gasteiger partial charge >= 0.3 is 6.18 Å². The predicted molar refractivity (Wildman–Crippen MR) is 81.1 cm³/mol. The highest BCUT2D eigenvalue weighted by molar-refractivity contribution is 5.96. The lowest BCUT2D eigenvalue weighted by molar-refractivity contribution is -0.137. The Balaban J connectivity index is 2.29. The second kappa shape index (κ2) is 6.26. The topological polar surface area (TPSA) is 46.9 Å². The molecular weight excluding hydrogens is 326 g/mol. The van der Waals surface area contributed by atoms with Crippen molar-refractivity contribution in [1.82, 2.24) is 9.78 Å². The van der Waals surface area contributed by atoms with E-state index in [1.165, 1.54) is 0 Å². The molecule has 1 aromatic carbocycles. The van der Waals surface area contributed by atoms with Crippen molar-refractivity contribution in [2.24, 2.45) is 7.05 Å². The monoisotopic (exact) mass is 343 g/mol. The average Bonchev–Trinajstić information content (AvgIpc) is 2.72. The van der Waals surface area contributed by atoms with Crippen molar-refractivity contribution in [2.45, 2.75) is 32.9 Å². The second-order valence-electron chi connectivity index (χ2n) is 5.61. The predicted octanol–water partition coefficient (Wildman–Crippen LogP) is 3.94. The molecule has 2 aromatic rings. The van der Waals surface area contributed by atoms with Crippen molar-refractivity contribution in [1.29, 1.82) is 0 Å². The molecule has 0 aliphatic carbocycles. The Morgan fingerprint density at radius 3 is 2.42 bits per heavy atom. The number of nitrogens with zero attached hydrogens (tertiary/aromatic N) is 2. The van der Waals surface area contributed by atoms with Gasteiger partial charge in [0.25, 0.3) is 0 Å². The summed E-state index contributed by atoms with van der Waals surface area (Å²) in [6.07, 6.45) is -4.62. The molecule has 1 unspecified atom stereocenters. The van der Waals surface area contributed by atoms with E-state index in [9.17, 15) is 22.4 Å². The molecule has 1 heterocycles. The number of benzene rings is 1. The fourth-order valence-corrected chi connectivity index (χ4v) is 2.59. The number of hydrogen-bond donors (Lipinski definition) is 1. The van der Waals surface area contributed by atoms with Gasteiger partial charge in [-0.2, -0.15) is 18.3 Å². The van der Waals surface area contributed by atoms with Gasteiger partial charge in [0.15, 0.2) is 0 Å². The maximum Gasteiger partial charge on any atom is 0.416 e. The highest BCUT2D eigenvalue weighted by Gasteiger charge is 2.31. The summed E-state index contributed by atoms with van der Waals surface area (Å²) in [4.78, 5) is 12.3. The zero-order valence-corrected chi connectivity index (χ0v) is 13.6. The molecule has 8 heteroatoms. The van der Waals surface area contributed by atoms with E-state index < -0.39 is 35.1 Å². The summed E-state index contributed by atoms with van der Waals surface area (Å²) in [5.41, 5.74) is 0.547. The first kappa shape index (κ1) is 18.0. The first-order chi connectivity index (χ1) is 11.0. The summed E-state index contributed by atoms with van der Waals surface area (Å²) >= 11 is 0. The van der Waals surface area contributed by atoms with Crippen LogP contribution in [-0.4, -0.2) is 15.7 Å². The van der Waals surface area contributed by atoms with Crippen LogP contribution in [0.5, 0.6) is 0 Å². The summed E-state index contributed by atoms with van der Waals surface area (Å²) < 4.78 is 53.5. The van der Waals surface area contributed by atoms with Crippen LogP contribution >= 0.6 is 0 Å². The quantitative estimate of drug-likeness (QED) is 0.858. The lowest BCUT2D eigenvalue weighted by Gasteiger charge is -2.15. The minimum atomic E-state index is -4.62. The number of carbonyl (C=O) groups is 1. The highest BCUT2D eigenvalue weighted by atomic mass is 19.4. The van der Waals surface area contributed by atoms with Crippen molar-refractivity contribution < 1.29 is 22.4 Å². The van der Waals surface area contributed by atoms with Crippen molar-refractivity contribution >= 4 is 11.6 Å². The Morgan fingerprint density at radius 2 is 1.92 bits per heavy atom. The molecular formula is C16H17F4N3O. The number of aryl methyl sites for hydroxylation is 2. The zero-order valence-electron chi connectivity index (χ0n) is 13.6. The van der Waals surface area contributed by atoms with E-state index in [4.69, 9.17) is 0 Å². The molecule has 0 aliphatic rings. The molecule has 1 N–H and O–H groups in total. The molecule has 4 nitrogen and oxygen atoms in total. The Hall–Kier alpha value is -2.38. The van der Waals surface area contributed by atoms with E-state index >= 15 is 0 Å². The fraction of sp³-hybridized carbons (Fsp3) is 0.375. The van der Waals surface area contributed by atoms with Gasteiger partial charge in [-0.25, -0.2) is 4.39 Å². The summed E-state index contributed by atoms with van der Waals surface area (Å²) in [6, 6.07) is 1.90. The van der Waals surface area contributed by atoms with E-state index in [1.54, 1.807) is 32.5 Å². The average molecular weight is 343 g/mol. The number of anilines is 1. The van der Waals surface area contributed by atoms with Gasteiger partial charge in [0, 0.05) is 18.3 Å². The number of hydrogen-bond acceptors (Lipinski definition) is 2. The Labute approximate surface area is 136 Å². The van der Waals surface area contributed by atoms with Gasteiger partial charge in [0.2, 0.25) is 5.91 Å². The van der Waals surface area contributed by atoms with E-state index in [0.29, 0.717) is 29.5 Å². The number of amides is 1. The van der Waals surface area contributed by atoms with Crippen molar-refractivity contribution in [3.63, 3.8) is 0 Å². The lowest BCUT2D eigenvalue weighted by atomic mass is 9.98. The number of aromatic nitrogens is 2. The molecule has 1 amide bonds.